The highest BCUT2D eigenvalue weighted by Crippen LogP contribution is 2.21. The number of benzene rings is 1. The van der Waals surface area contributed by atoms with Gasteiger partial charge in [0.25, 0.3) is 5.91 Å². The Labute approximate surface area is 165 Å². The molecule has 144 valence electrons. The largest absolute Gasteiger partial charge is 0.344 e. The number of carbonyl (C=O) groups is 1. The minimum Gasteiger partial charge on any atom is -0.344 e. The van der Waals surface area contributed by atoms with Crippen LogP contribution in [0.15, 0.2) is 55.1 Å². The van der Waals surface area contributed by atoms with Crippen molar-refractivity contribution in [1.29, 1.82) is 0 Å². The van der Waals surface area contributed by atoms with Crippen molar-refractivity contribution >= 4 is 17.5 Å². The number of para-hydroxylation sites is 1. The molecule has 0 unspecified atom stereocenters. The summed E-state index contributed by atoms with van der Waals surface area (Å²) in [5.74, 6) is 0.394. The quantitative estimate of drug-likeness (QED) is 0.682. The molecule has 0 radical (unpaired) electrons. The van der Waals surface area contributed by atoms with E-state index in [1.807, 2.05) is 49.2 Å². The first-order chi connectivity index (χ1) is 13.6. The number of amides is 1. The number of anilines is 2. The van der Waals surface area contributed by atoms with Crippen molar-refractivity contribution in [3.63, 3.8) is 0 Å². The second kappa shape index (κ2) is 9.08. The van der Waals surface area contributed by atoms with E-state index in [4.69, 9.17) is 0 Å². The third-order valence-corrected chi connectivity index (χ3v) is 4.71. The van der Waals surface area contributed by atoms with Crippen molar-refractivity contribution < 1.29 is 4.79 Å². The van der Waals surface area contributed by atoms with Crippen LogP contribution in [0.25, 0.3) is 0 Å². The van der Waals surface area contributed by atoms with Gasteiger partial charge in [0.15, 0.2) is 0 Å². The van der Waals surface area contributed by atoms with Gasteiger partial charge < -0.3 is 10.2 Å². The molecular weight excluding hydrogens is 350 g/mol. The van der Waals surface area contributed by atoms with Crippen LogP contribution in [-0.2, 0) is 12.8 Å². The van der Waals surface area contributed by atoms with E-state index < -0.39 is 0 Å². The second-order valence-corrected chi connectivity index (χ2v) is 6.72. The van der Waals surface area contributed by atoms with Crippen molar-refractivity contribution in [3.05, 3.63) is 77.4 Å². The fourth-order valence-electron chi connectivity index (χ4n) is 2.97. The van der Waals surface area contributed by atoms with Gasteiger partial charge in [0, 0.05) is 44.1 Å². The molecule has 0 atom stereocenters. The monoisotopic (exact) mass is 375 g/mol. The van der Waals surface area contributed by atoms with Crippen LogP contribution in [0.1, 0.15) is 34.0 Å². The third kappa shape index (κ3) is 4.71. The van der Waals surface area contributed by atoms with Crippen LogP contribution in [0.4, 0.5) is 11.6 Å². The van der Waals surface area contributed by atoms with Crippen LogP contribution in [0.3, 0.4) is 0 Å². The summed E-state index contributed by atoms with van der Waals surface area (Å²) >= 11 is 0. The topological polar surface area (TPSA) is 71.0 Å². The number of aromatic nitrogens is 3. The standard InChI is InChI=1S/C22H25N5O/c1-4-18-7-5-6-16(2)20(18)26-21(28)19-14-24-22(25-15-19)27(3)13-10-17-8-11-23-12-9-17/h5-9,11-12,14-15H,4,10,13H2,1-3H3,(H,26,28). The van der Waals surface area contributed by atoms with Gasteiger partial charge in [-0.15, -0.1) is 0 Å². The Kier molecular flexibility index (Phi) is 6.32. The summed E-state index contributed by atoms with van der Waals surface area (Å²) in [6.45, 7) is 4.84. The summed E-state index contributed by atoms with van der Waals surface area (Å²) < 4.78 is 0. The molecule has 2 heterocycles. The molecule has 1 N–H and O–H groups in total. The highest BCUT2D eigenvalue weighted by Gasteiger charge is 2.12. The van der Waals surface area contributed by atoms with Gasteiger partial charge >= 0.3 is 0 Å². The van der Waals surface area contributed by atoms with E-state index in [0.29, 0.717) is 11.5 Å². The summed E-state index contributed by atoms with van der Waals surface area (Å²) in [5.41, 5.74) is 4.68. The molecule has 1 aromatic carbocycles. The molecule has 0 saturated carbocycles. The zero-order chi connectivity index (χ0) is 19.9. The molecule has 0 fully saturated rings. The molecule has 3 aromatic rings. The molecule has 2 aromatic heterocycles. The van der Waals surface area contributed by atoms with Crippen molar-refractivity contribution in [3.8, 4) is 0 Å². The molecule has 6 heteroatoms. The van der Waals surface area contributed by atoms with Gasteiger partial charge in [-0.2, -0.15) is 0 Å². The predicted molar refractivity (Wildman–Crippen MR) is 112 cm³/mol. The van der Waals surface area contributed by atoms with Gasteiger partial charge in [-0.05, 0) is 48.6 Å². The number of carbonyl (C=O) groups excluding carboxylic acids is 1. The van der Waals surface area contributed by atoms with Gasteiger partial charge in [-0.1, -0.05) is 25.1 Å². The highest BCUT2D eigenvalue weighted by molar-refractivity contribution is 6.04. The van der Waals surface area contributed by atoms with Crippen LogP contribution in [0.5, 0.6) is 0 Å². The molecule has 0 saturated heterocycles. The normalized spacial score (nSPS) is 10.5. The Hall–Kier alpha value is -3.28. The molecule has 0 aliphatic rings. The Morgan fingerprint density at radius 2 is 1.82 bits per heavy atom. The number of nitrogens with zero attached hydrogens (tertiary/aromatic N) is 4. The molecule has 28 heavy (non-hydrogen) atoms. The molecular formula is C22H25N5O. The van der Waals surface area contributed by atoms with Crippen LogP contribution in [0, 0.1) is 6.92 Å². The molecule has 0 spiro atoms. The maximum Gasteiger partial charge on any atom is 0.258 e. The number of rotatable bonds is 7. The lowest BCUT2D eigenvalue weighted by Crippen LogP contribution is -2.23. The van der Waals surface area contributed by atoms with E-state index in [-0.39, 0.29) is 5.91 Å². The maximum atomic E-state index is 12.6. The van der Waals surface area contributed by atoms with Crippen molar-refractivity contribution in [2.45, 2.75) is 26.7 Å². The molecule has 1 amide bonds. The maximum absolute atomic E-state index is 12.6. The van der Waals surface area contributed by atoms with E-state index in [2.05, 4.69) is 27.2 Å². The molecule has 6 nitrogen and oxygen atoms in total. The number of hydrogen-bond acceptors (Lipinski definition) is 5. The van der Waals surface area contributed by atoms with Crippen molar-refractivity contribution in [2.24, 2.45) is 0 Å². The van der Waals surface area contributed by atoms with Crippen molar-refractivity contribution in [1.82, 2.24) is 15.0 Å². The van der Waals surface area contributed by atoms with E-state index in [9.17, 15) is 4.79 Å². The molecule has 0 aliphatic heterocycles. The minimum absolute atomic E-state index is 0.199. The number of nitrogens with one attached hydrogen (secondary N) is 1. The average molecular weight is 375 g/mol. The van der Waals surface area contributed by atoms with Gasteiger partial charge in [0.1, 0.15) is 0 Å². The fourth-order valence-corrected chi connectivity index (χ4v) is 2.97. The summed E-state index contributed by atoms with van der Waals surface area (Å²) in [5, 5.41) is 3.00. The lowest BCUT2D eigenvalue weighted by molar-refractivity contribution is 0.102. The van der Waals surface area contributed by atoms with Gasteiger partial charge in [0.2, 0.25) is 5.95 Å². The zero-order valence-corrected chi connectivity index (χ0v) is 16.5. The fraction of sp³-hybridized carbons (Fsp3) is 0.273. The number of aryl methyl sites for hydroxylation is 2. The smallest absolute Gasteiger partial charge is 0.258 e. The molecule has 0 aliphatic carbocycles. The summed E-state index contributed by atoms with van der Waals surface area (Å²) in [6.07, 6.45) is 8.46. The van der Waals surface area contributed by atoms with Gasteiger partial charge in [-0.3, -0.25) is 9.78 Å². The average Bonchev–Trinajstić information content (AvgIpc) is 2.74. The predicted octanol–water partition coefficient (Wildman–Crippen LogP) is 3.67. The lowest BCUT2D eigenvalue weighted by atomic mass is 10.1. The Morgan fingerprint density at radius 3 is 2.50 bits per heavy atom. The first-order valence-electron chi connectivity index (χ1n) is 9.40. The minimum atomic E-state index is -0.199. The highest BCUT2D eigenvalue weighted by atomic mass is 16.1. The van der Waals surface area contributed by atoms with Crippen LogP contribution < -0.4 is 10.2 Å². The number of hydrogen-bond donors (Lipinski definition) is 1. The number of pyridine rings is 1. The Bertz CT molecular complexity index is 925. The van der Waals surface area contributed by atoms with Gasteiger partial charge in [0.05, 0.1) is 5.56 Å². The van der Waals surface area contributed by atoms with E-state index in [1.54, 1.807) is 24.8 Å². The number of likely N-dealkylation sites (N-methyl/N-ethyl adjacent to an activating group) is 1. The molecule has 3 rings (SSSR count). The second-order valence-electron chi connectivity index (χ2n) is 6.72. The van der Waals surface area contributed by atoms with E-state index in [0.717, 1.165) is 36.2 Å². The van der Waals surface area contributed by atoms with E-state index >= 15 is 0 Å². The zero-order valence-electron chi connectivity index (χ0n) is 16.5. The van der Waals surface area contributed by atoms with Crippen LogP contribution >= 0.6 is 0 Å². The van der Waals surface area contributed by atoms with Crippen LogP contribution in [0.2, 0.25) is 0 Å². The summed E-state index contributed by atoms with van der Waals surface area (Å²) in [4.78, 5) is 27.3. The third-order valence-electron chi connectivity index (χ3n) is 4.71. The van der Waals surface area contributed by atoms with Crippen molar-refractivity contribution in [2.75, 3.05) is 23.8 Å². The summed E-state index contributed by atoms with van der Waals surface area (Å²) in [7, 11) is 1.94. The first kappa shape index (κ1) is 19.5. The van der Waals surface area contributed by atoms with Gasteiger partial charge in [-0.25, -0.2) is 9.97 Å². The Morgan fingerprint density at radius 1 is 1.11 bits per heavy atom. The lowest BCUT2D eigenvalue weighted by Gasteiger charge is -2.17. The first-order valence-corrected chi connectivity index (χ1v) is 9.40. The van der Waals surface area contributed by atoms with E-state index in [1.165, 1.54) is 5.56 Å². The SMILES string of the molecule is CCc1cccc(C)c1NC(=O)c1cnc(N(C)CCc2ccncc2)nc1. The summed E-state index contributed by atoms with van der Waals surface area (Å²) in [6, 6.07) is 10.0. The Balaban J connectivity index is 1.64. The molecule has 0 bridgehead atoms. The van der Waals surface area contributed by atoms with Crippen LogP contribution in [-0.4, -0.2) is 34.5 Å².